The predicted molar refractivity (Wildman–Crippen MR) is 49.6 cm³/mol. The number of nitrogens with zero attached hydrogens (tertiary/aromatic N) is 2. The van der Waals surface area contributed by atoms with Crippen LogP contribution in [0.4, 0.5) is 13.2 Å². The molecule has 0 saturated heterocycles. The Morgan fingerprint density at radius 3 is 1.59 bits per heavy atom. The highest BCUT2D eigenvalue weighted by molar-refractivity contribution is 5.73. The Labute approximate surface area is 94.1 Å². The number of benzene rings is 1. The molecule has 0 fully saturated rings. The van der Waals surface area contributed by atoms with Gasteiger partial charge in [-0.1, -0.05) is 12.1 Å². The van der Waals surface area contributed by atoms with Crippen LogP contribution in [0, 0.1) is 22.7 Å². The number of carbonyl (C=O) groups is 1. The molecule has 1 N–H and O–H groups in total. The molecule has 1 aromatic rings. The van der Waals surface area contributed by atoms with Crippen molar-refractivity contribution in [2.45, 2.75) is 6.18 Å². The van der Waals surface area contributed by atoms with Gasteiger partial charge in [0.2, 0.25) is 0 Å². The van der Waals surface area contributed by atoms with E-state index in [-0.39, 0.29) is 0 Å². The molecule has 0 spiro atoms. The summed E-state index contributed by atoms with van der Waals surface area (Å²) in [6, 6.07) is 10.6. The van der Waals surface area contributed by atoms with Crippen LogP contribution in [0.3, 0.4) is 0 Å². The van der Waals surface area contributed by atoms with Crippen LogP contribution in [-0.2, 0) is 4.79 Å². The number of carboxylic acids is 1. The number of carboxylic acid groups (broad SMARTS) is 1. The number of halogens is 3. The highest BCUT2D eigenvalue weighted by Crippen LogP contribution is 2.13. The highest BCUT2D eigenvalue weighted by atomic mass is 19.4. The van der Waals surface area contributed by atoms with E-state index in [9.17, 15) is 13.2 Å². The van der Waals surface area contributed by atoms with Gasteiger partial charge in [-0.25, -0.2) is 4.79 Å². The fourth-order valence-electron chi connectivity index (χ4n) is 0.678. The van der Waals surface area contributed by atoms with E-state index in [0.717, 1.165) is 0 Å². The number of nitriles is 2. The number of hydrogen-bond acceptors (Lipinski definition) is 3. The first-order valence-corrected chi connectivity index (χ1v) is 4.02. The third-order valence-corrected chi connectivity index (χ3v) is 1.41. The topological polar surface area (TPSA) is 84.9 Å². The molecule has 0 amide bonds. The lowest BCUT2D eigenvalue weighted by molar-refractivity contribution is -0.192. The second kappa shape index (κ2) is 6.13. The highest BCUT2D eigenvalue weighted by Gasteiger charge is 2.38. The Balaban J connectivity index is 0.000000325. The summed E-state index contributed by atoms with van der Waals surface area (Å²) in [6.45, 7) is 0. The summed E-state index contributed by atoms with van der Waals surface area (Å²) >= 11 is 0. The molecule has 0 radical (unpaired) electrons. The maximum absolute atomic E-state index is 10.6. The van der Waals surface area contributed by atoms with Gasteiger partial charge in [-0.05, 0) is 12.1 Å². The van der Waals surface area contributed by atoms with E-state index in [1.165, 1.54) is 0 Å². The second-order valence-corrected chi connectivity index (χ2v) is 2.57. The van der Waals surface area contributed by atoms with Crippen LogP contribution in [0.5, 0.6) is 0 Å². The van der Waals surface area contributed by atoms with Gasteiger partial charge in [-0.2, -0.15) is 23.7 Å². The third kappa shape index (κ3) is 5.19. The molecule has 7 heteroatoms. The lowest BCUT2D eigenvalue weighted by Crippen LogP contribution is -2.21. The summed E-state index contributed by atoms with van der Waals surface area (Å²) in [5.74, 6) is -2.76. The van der Waals surface area contributed by atoms with E-state index < -0.39 is 12.1 Å². The van der Waals surface area contributed by atoms with E-state index in [1.807, 2.05) is 12.1 Å². The van der Waals surface area contributed by atoms with Crippen molar-refractivity contribution in [1.29, 1.82) is 10.5 Å². The molecule has 0 aliphatic carbocycles. The zero-order valence-electron chi connectivity index (χ0n) is 8.19. The second-order valence-electron chi connectivity index (χ2n) is 2.57. The minimum atomic E-state index is -5.08. The van der Waals surface area contributed by atoms with E-state index in [1.54, 1.807) is 24.3 Å². The summed E-state index contributed by atoms with van der Waals surface area (Å²) in [5.41, 5.74) is 0.870. The number of aliphatic carboxylic acids is 1. The maximum Gasteiger partial charge on any atom is 0.490 e. The molecule has 0 unspecified atom stereocenters. The van der Waals surface area contributed by atoms with E-state index in [0.29, 0.717) is 11.1 Å². The molecule has 0 aliphatic rings. The van der Waals surface area contributed by atoms with Gasteiger partial charge in [0.05, 0.1) is 11.1 Å². The molecule has 17 heavy (non-hydrogen) atoms. The summed E-state index contributed by atoms with van der Waals surface area (Å²) < 4.78 is 31.7. The molecule has 4 nitrogen and oxygen atoms in total. The molecular weight excluding hydrogens is 237 g/mol. The molecule has 0 saturated carbocycles. The van der Waals surface area contributed by atoms with E-state index in [2.05, 4.69) is 0 Å². The van der Waals surface area contributed by atoms with Crippen molar-refractivity contribution in [2.24, 2.45) is 0 Å². The first kappa shape index (κ1) is 14.5. The van der Waals surface area contributed by atoms with Gasteiger partial charge in [0.25, 0.3) is 0 Å². The fraction of sp³-hybridized carbons (Fsp3) is 0.100. The molecular formula is C10H5F3N2O2. The van der Waals surface area contributed by atoms with Crippen molar-refractivity contribution in [3.05, 3.63) is 35.4 Å². The van der Waals surface area contributed by atoms with E-state index in [4.69, 9.17) is 20.4 Å². The smallest absolute Gasteiger partial charge is 0.475 e. The molecule has 1 rings (SSSR count). The predicted octanol–water partition coefficient (Wildman–Crippen LogP) is 2.06. The quantitative estimate of drug-likeness (QED) is 0.754. The summed E-state index contributed by atoms with van der Waals surface area (Å²) in [6.07, 6.45) is -5.08. The van der Waals surface area contributed by atoms with Crippen LogP contribution in [0.15, 0.2) is 24.3 Å². The first-order chi connectivity index (χ1) is 7.82. The number of alkyl halides is 3. The number of hydrogen-bond donors (Lipinski definition) is 1. The monoisotopic (exact) mass is 242 g/mol. The van der Waals surface area contributed by atoms with Crippen molar-refractivity contribution in [3.8, 4) is 12.1 Å². The SMILES string of the molecule is N#Cc1ccccc1C#N.O=C(O)C(F)(F)F. The molecule has 0 atom stereocenters. The van der Waals surface area contributed by atoms with Crippen LogP contribution in [0.2, 0.25) is 0 Å². The maximum atomic E-state index is 10.6. The van der Waals surface area contributed by atoms with Crippen molar-refractivity contribution in [2.75, 3.05) is 0 Å². The molecule has 0 heterocycles. The van der Waals surface area contributed by atoms with Crippen LogP contribution >= 0.6 is 0 Å². The van der Waals surface area contributed by atoms with Gasteiger partial charge < -0.3 is 5.11 Å². The third-order valence-electron chi connectivity index (χ3n) is 1.41. The van der Waals surface area contributed by atoms with Crippen molar-refractivity contribution in [3.63, 3.8) is 0 Å². The minimum absolute atomic E-state index is 0.435. The van der Waals surface area contributed by atoms with Gasteiger partial charge >= 0.3 is 12.1 Å². The van der Waals surface area contributed by atoms with Crippen molar-refractivity contribution >= 4 is 5.97 Å². The summed E-state index contributed by atoms with van der Waals surface area (Å²) in [7, 11) is 0. The standard InChI is InChI=1S/C8H4N2.C2HF3O2/c9-5-7-3-1-2-4-8(7)6-10;3-2(4,5)1(6)7/h1-4H;(H,6,7). The lowest BCUT2D eigenvalue weighted by atomic mass is 10.1. The summed E-state index contributed by atoms with van der Waals surface area (Å²) in [5, 5.41) is 24.0. The average Bonchev–Trinajstić information content (AvgIpc) is 2.28. The van der Waals surface area contributed by atoms with Crippen LogP contribution in [-0.4, -0.2) is 17.3 Å². The number of rotatable bonds is 0. The van der Waals surface area contributed by atoms with Crippen LogP contribution in [0.25, 0.3) is 0 Å². The summed E-state index contributed by atoms with van der Waals surface area (Å²) in [4.78, 5) is 8.90. The average molecular weight is 242 g/mol. The van der Waals surface area contributed by atoms with Gasteiger partial charge in [0, 0.05) is 0 Å². The molecule has 0 bridgehead atoms. The van der Waals surface area contributed by atoms with Gasteiger partial charge in [-0.15, -0.1) is 0 Å². The lowest BCUT2D eigenvalue weighted by Gasteiger charge is -1.93. The van der Waals surface area contributed by atoms with Crippen LogP contribution in [0.1, 0.15) is 11.1 Å². The van der Waals surface area contributed by atoms with Crippen LogP contribution < -0.4 is 0 Å². The van der Waals surface area contributed by atoms with Gasteiger partial charge in [0.15, 0.2) is 0 Å². The van der Waals surface area contributed by atoms with Gasteiger partial charge in [0.1, 0.15) is 12.1 Å². The van der Waals surface area contributed by atoms with Crippen molar-refractivity contribution in [1.82, 2.24) is 0 Å². The Hall–Kier alpha value is -2.54. The Morgan fingerprint density at radius 1 is 1.12 bits per heavy atom. The molecule has 1 aromatic carbocycles. The van der Waals surface area contributed by atoms with E-state index >= 15 is 0 Å². The Morgan fingerprint density at radius 2 is 1.41 bits per heavy atom. The van der Waals surface area contributed by atoms with Crippen molar-refractivity contribution < 1.29 is 23.1 Å². The zero-order chi connectivity index (χ0) is 13.5. The Kier molecular flexibility index (Phi) is 5.22. The Bertz CT molecular complexity index is 451. The normalized spacial score (nSPS) is 9.24. The minimum Gasteiger partial charge on any atom is -0.475 e. The van der Waals surface area contributed by atoms with Gasteiger partial charge in [-0.3, -0.25) is 0 Å². The molecule has 88 valence electrons. The zero-order valence-corrected chi connectivity index (χ0v) is 8.19. The first-order valence-electron chi connectivity index (χ1n) is 4.02. The fourth-order valence-corrected chi connectivity index (χ4v) is 0.678. The molecule has 0 aliphatic heterocycles. The molecule has 0 aromatic heterocycles. The largest absolute Gasteiger partial charge is 0.490 e.